The van der Waals surface area contributed by atoms with Crippen LogP contribution >= 0.6 is 0 Å². The third-order valence-corrected chi connectivity index (χ3v) is 14.1. The van der Waals surface area contributed by atoms with Crippen molar-refractivity contribution >= 4 is 43.1 Å². The lowest BCUT2D eigenvalue weighted by Crippen LogP contribution is -2.07. The Balaban J connectivity index is 1.49. The van der Waals surface area contributed by atoms with Crippen molar-refractivity contribution in [2.75, 3.05) is 0 Å². The van der Waals surface area contributed by atoms with Crippen LogP contribution in [0.5, 0.6) is 46.0 Å². The van der Waals surface area contributed by atoms with Crippen molar-refractivity contribution in [3.8, 4) is 68.2 Å². The number of para-hydroxylation sites is 4. The van der Waals surface area contributed by atoms with Gasteiger partial charge >= 0.3 is 0 Å². The van der Waals surface area contributed by atoms with Gasteiger partial charge in [0.15, 0.2) is 0 Å². The highest BCUT2D eigenvalue weighted by Crippen LogP contribution is 2.61. The van der Waals surface area contributed by atoms with E-state index < -0.39 is 0 Å². The highest BCUT2D eigenvalue weighted by molar-refractivity contribution is 6.40. The molecule has 0 saturated heterocycles. The van der Waals surface area contributed by atoms with Gasteiger partial charge in [0.25, 0.3) is 0 Å². The first kappa shape index (κ1) is 46.3. The normalized spacial score (nSPS) is 11.8. The maximum atomic E-state index is 7.82. The van der Waals surface area contributed by atoms with E-state index in [-0.39, 0.29) is 23.7 Å². The van der Waals surface area contributed by atoms with Crippen LogP contribution in [0.3, 0.4) is 0 Å². The summed E-state index contributed by atoms with van der Waals surface area (Å²) < 4.78 is 29.3. The van der Waals surface area contributed by atoms with E-state index in [1.165, 1.54) is 33.4 Å². The summed E-state index contributed by atoms with van der Waals surface area (Å²) in [7, 11) is 0. The zero-order chi connectivity index (χ0) is 49.6. The van der Waals surface area contributed by atoms with Crippen LogP contribution in [-0.4, -0.2) is 0 Å². The van der Waals surface area contributed by atoms with E-state index in [0.29, 0.717) is 17.2 Å². The minimum atomic E-state index is 0.184. The molecule has 0 aromatic heterocycles. The van der Waals surface area contributed by atoms with Crippen molar-refractivity contribution in [2.45, 2.75) is 79.1 Å². The minimum absolute atomic E-state index is 0.184. The van der Waals surface area contributed by atoms with Gasteiger partial charge in [-0.3, -0.25) is 0 Å². The summed E-state index contributed by atoms with van der Waals surface area (Å²) in [5, 5.41) is 7.80. The van der Waals surface area contributed by atoms with Crippen LogP contribution < -0.4 is 18.9 Å². The third-order valence-electron chi connectivity index (χ3n) is 14.1. The Morgan fingerprint density at radius 3 is 0.972 bits per heavy atom. The largest absolute Gasteiger partial charge is 0.457 e. The number of ether oxygens (including phenoxy) is 4. The average molecular weight is 941 g/mol. The summed E-state index contributed by atoms with van der Waals surface area (Å²) in [6.07, 6.45) is 0. The molecule has 0 heterocycles. The van der Waals surface area contributed by atoms with Gasteiger partial charge in [0.1, 0.15) is 46.0 Å². The fourth-order valence-corrected chi connectivity index (χ4v) is 10.9. The van der Waals surface area contributed by atoms with Crippen molar-refractivity contribution in [1.82, 2.24) is 0 Å². The maximum absolute atomic E-state index is 7.82. The molecular weight excluding hydrogens is 881 g/mol. The molecule has 0 bridgehead atoms. The van der Waals surface area contributed by atoms with Crippen molar-refractivity contribution in [2.24, 2.45) is 0 Å². The van der Waals surface area contributed by atoms with Crippen LogP contribution in [0.1, 0.15) is 101 Å². The maximum Gasteiger partial charge on any atom is 0.144 e. The summed E-state index contributed by atoms with van der Waals surface area (Å²) in [5.74, 6) is 6.57. The molecular formula is C68H60O4. The second-order valence-corrected chi connectivity index (χ2v) is 20.2. The van der Waals surface area contributed by atoms with Crippen molar-refractivity contribution in [1.29, 1.82) is 0 Å². The van der Waals surface area contributed by atoms with Crippen LogP contribution in [0.25, 0.3) is 65.3 Å². The third kappa shape index (κ3) is 8.25. The Bertz CT molecular complexity index is 3630. The Kier molecular flexibility index (Phi) is 12.4. The first-order chi connectivity index (χ1) is 35.1. The van der Waals surface area contributed by atoms with Gasteiger partial charge in [0.2, 0.25) is 0 Å². The molecule has 0 atom stereocenters. The predicted molar refractivity (Wildman–Crippen MR) is 301 cm³/mol. The first-order valence-electron chi connectivity index (χ1n) is 25.5. The van der Waals surface area contributed by atoms with E-state index in [1.807, 2.05) is 97.1 Å². The number of hydrogen-bond acceptors (Lipinski definition) is 4. The lowest BCUT2D eigenvalue weighted by molar-refractivity contribution is 0.483. The van der Waals surface area contributed by atoms with Gasteiger partial charge in [-0.25, -0.2) is 0 Å². The van der Waals surface area contributed by atoms with Crippen molar-refractivity contribution in [3.05, 3.63) is 216 Å². The summed E-state index contributed by atoms with van der Waals surface area (Å²) in [4.78, 5) is 0. The van der Waals surface area contributed by atoms with E-state index in [0.717, 1.165) is 83.0 Å². The lowest BCUT2D eigenvalue weighted by Gasteiger charge is -2.31. The molecule has 11 aromatic carbocycles. The molecule has 0 saturated carbocycles. The monoisotopic (exact) mass is 940 g/mol. The molecule has 0 fully saturated rings. The van der Waals surface area contributed by atoms with E-state index in [4.69, 9.17) is 18.9 Å². The smallest absolute Gasteiger partial charge is 0.144 e. The first-order valence-corrected chi connectivity index (χ1v) is 25.5. The molecule has 4 nitrogen and oxygen atoms in total. The Labute approximate surface area is 423 Å². The summed E-state index contributed by atoms with van der Waals surface area (Å²) in [5.41, 5.74) is 9.72. The quantitative estimate of drug-likeness (QED) is 0.0804. The second-order valence-electron chi connectivity index (χ2n) is 20.2. The predicted octanol–water partition coefficient (Wildman–Crippen LogP) is 20.7. The summed E-state index contributed by atoms with van der Waals surface area (Å²) in [6, 6.07) is 67.4. The number of rotatable bonds is 14. The molecule has 72 heavy (non-hydrogen) atoms. The summed E-state index contributed by atoms with van der Waals surface area (Å²) >= 11 is 0. The Morgan fingerprint density at radius 2 is 0.583 bits per heavy atom. The van der Waals surface area contributed by atoms with Gasteiger partial charge in [-0.1, -0.05) is 177 Å². The molecule has 0 amide bonds. The standard InChI is InChI=1S/C68H60O4/c1-41(2)50-31-21-32-51(42(3)4)59(50)61-54-37-40-57(71-48-27-17-11-18-28-48)65-62(54)67(68(72-49-29-19-12-20-30-49)66(61)60-52(43(5)6)33-22-34-53(60)44(7)8)64-56(70-47-25-15-10-16-26-47)39-36-45-35-38-55(63(65)58(45)64)69-46-23-13-9-14-24-46/h9-44H,1-8H3. The van der Waals surface area contributed by atoms with Crippen LogP contribution in [0.2, 0.25) is 0 Å². The highest BCUT2D eigenvalue weighted by atomic mass is 16.5. The zero-order valence-electron chi connectivity index (χ0n) is 42.4. The molecule has 0 N–H and O–H groups in total. The van der Waals surface area contributed by atoms with Gasteiger partial charge in [-0.05, 0) is 141 Å². The molecule has 11 rings (SSSR count). The molecule has 0 aliphatic rings. The van der Waals surface area contributed by atoms with E-state index in [2.05, 4.69) is 152 Å². The highest BCUT2D eigenvalue weighted by Gasteiger charge is 2.34. The molecule has 4 heteroatoms. The SMILES string of the molecule is CC(C)c1cccc(C(C)C)c1-c1c(-c2c(C(C)C)cccc2C(C)C)c2ccc(Oc3ccccc3)c3c4c(Oc5ccccc5)ccc5ccc(Oc6ccccc6)c(c(c1Oc1ccccc1)c23)c54. The van der Waals surface area contributed by atoms with Crippen LogP contribution in [0.4, 0.5) is 0 Å². The van der Waals surface area contributed by atoms with E-state index in [9.17, 15) is 0 Å². The number of fused-ring (bicyclic) bond motifs is 2. The molecule has 0 radical (unpaired) electrons. The van der Waals surface area contributed by atoms with Crippen LogP contribution in [0.15, 0.2) is 194 Å². The fraction of sp³-hybridized carbons (Fsp3) is 0.176. The van der Waals surface area contributed by atoms with Crippen LogP contribution in [-0.2, 0) is 0 Å². The fourth-order valence-electron chi connectivity index (χ4n) is 10.9. The molecule has 11 aromatic rings. The van der Waals surface area contributed by atoms with Crippen LogP contribution in [0, 0.1) is 0 Å². The van der Waals surface area contributed by atoms with E-state index in [1.54, 1.807) is 0 Å². The van der Waals surface area contributed by atoms with Gasteiger partial charge < -0.3 is 18.9 Å². The molecule has 0 unspecified atom stereocenters. The molecule has 0 spiro atoms. The minimum Gasteiger partial charge on any atom is -0.457 e. The summed E-state index contributed by atoms with van der Waals surface area (Å²) in [6.45, 7) is 18.5. The Hall–Kier alpha value is -8.08. The Morgan fingerprint density at radius 1 is 0.250 bits per heavy atom. The molecule has 356 valence electrons. The lowest BCUT2D eigenvalue weighted by atomic mass is 9.75. The second kappa shape index (κ2) is 19.3. The van der Waals surface area contributed by atoms with Gasteiger partial charge in [0.05, 0.1) is 0 Å². The number of benzene rings is 11. The van der Waals surface area contributed by atoms with Gasteiger partial charge in [-0.2, -0.15) is 0 Å². The van der Waals surface area contributed by atoms with Crippen molar-refractivity contribution < 1.29 is 18.9 Å². The molecule has 0 aliphatic carbocycles. The van der Waals surface area contributed by atoms with Gasteiger partial charge in [-0.15, -0.1) is 0 Å². The van der Waals surface area contributed by atoms with E-state index >= 15 is 0 Å². The average Bonchev–Trinajstić information content (AvgIpc) is 3.39. The molecule has 0 aliphatic heterocycles. The zero-order valence-corrected chi connectivity index (χ0v) is 42.4. The number of hydrogen-bond donors (Lipinski definition) is 0. The van der Waals surface area contributed by atoms with Gasteiger partial charge in [0, 0.05) is 43.4 Å². The van der Waals surface area contributed by atoms with Crippen molar-refractivity contribution in [3.63, 3.8) is 0 Å². The topological polar surface area (TPSA) is 36.9 Å².